The highest BCUT2D eigenvalue weighted by molar-refractivity contribution is 5.80. The molecule has 3 N–H and O–H groups in total. The van der Waals surface area contributed by atoms with E-state index in [1.807, 2.05) is 13.8 Å². The number of anilines is 2. The molecule has 0 unspecified atom stereocenters. The fraction of sp³-hybridized carbons (Fsp3) is 0.667. The number of hydrogen-bond acceptors (Lipinski definition) is 5. The molecule has 1 heterocycles. The highest BCUT2D eigenvalue weighted by Gasteiger charge is 2.28. The van der Waals surface area contributed by atoms with Crippen LogP contribution in [0.25, 0.3) is 0 Å². The Hall–Kier alpha value is -1.85. The van der Waals surface area contributed by atoms with E-state index in [9.17, 15) is 4.79 Å². The maximum Gasteiger partial charge on any atom is 0.223 e. The molecule has 1 aliphatic rings. The first kappa shape index (κ1) is 15.5. The number of amides is 1. The maximum absolute atomic E-state index is 11.5. The molecule has 116 valence electrons. The van der Waals surface area contributed by atoms with E-state index in [-0.39, 0.29) is 11.8 Å². The molecule has 6 heteroatoms. The predicted octanol–water partition coefficient (Wildman–Crippen LogP) is 1.85. The van der Waals surface area contributed by atoms with Gasteiger partial charge in [-0.05, 0) is 33.1 Å². The lowest BCUT2D eigenvalue weighted by Crippen LogP contribution is -2.30. The number of nitrogens with zero attached hydrogens (tertiary/aromatic N) is 2. The van der Waals surface area contributed by atoms with Crippen LogP contribution in [0.2, 0.25) is 0 Å². The number of carbonyl (C=O) groups is 1. The average Bonchev–Trinajstić information content (AvgIpc) is 3.29. The zero-order valence-electron chi connectivity index (χ0n) is 13.1. The third-order valence-corrected chi connectivity index (χ3v) is 3.46. The summed E-state index contributed by atoms with van der Waals surface area (Å²) in [6, 6.07) is 0. The second-order valence-corrected chi connectivity index (χ2v) is 5.51. The molecule has 1 amide bonds. The molecular formula is C15H25N5O. The number of carbonyl (C=O) groups excluding carboxylic acids is 1. The van der Waals surface area contributed by atoms with Gasteiger partial charge in [0, 0.05) is 31.1 Å². The first-order valence-corrected chi connectivity index (χ1v) is 7.72. The van der Waals surface area contributed by atoms with Crippen LogP contribution in [-0.4, -0.2) is 35.5 Å². The van der Waals surface area contributed by atoms with Crippen molar-refractivity contribution >= 4 is 17.5 Å². The quantitative estimate of drug-likeness (QED) is 0.637. The molecule has 1 fully saturated rings. The Balaban J connectivity index is 1.86. The Morgan fingerprint density at radius 2 is 1.71 bits per heavy atom. The van der Waals surface area contributed by atoms with Gasteiger partial charge in [0.15, 0.2) is 0 Å². The SMILES string of the molecule is CCCNc1nc(C)nc(NCCNC(=O)C2CC2)c1C. The predicted molar refractivity (Wildman–Crippen MR) is 84.5 cm³/mol. The van der Waals surface area contributed by atoms with Gasteiger partial charge in [-0.25, -0.2) is 9.97 Å². The van der Waals surface area contributed by atoms with Crippen molar-refractivity contribution in [3.8, 4) is 0 Å². The molecule has 6 nitrogen and oxygen atoms in total. The topological polar surface area (TPSA) is 78.9 Å². The van der Waals surface area contributed by atoms with Crippen molar-refractivity contribution < 1.29 is 4.79 Å². The van der Waals surface area contributed by atoms with Crippen LogP contribution in [0.3, 0.4) is 0 Å². The van der Waals surface area contributed by atoms with Crippen LogP contribution in [0.5, 0.6) is 0 Å². The Morgan fingerprint density at radius 3 is 2.29 bits per heavy atom. The van der Waals surface area contributed by atoms with Crippen LogP contribution in [0.15, 0.2) is 0 Å². The van der Waals surface area contributed by atoms with Crippen LogP contribution in [0, 0.1) is 19.8 Å². The smallest absolute Gasteiger partial charge is 0.223 e. The van der Waals surface area contributed by atoms with Gasteiger partial charge >= 0.3 is 0 Å². The molecular weight excluding hydrogens is 266 g/mol. The lowest BCUT2D eigenvalue weighted by molar-refractivity contribution is -0.122. The van der Waals surface area contributed by atoms with E-state index in [0.29, 0.717) is 13.1 Å². The molecule has 0 aromatic carbocycles. The lowest BCUT2D eigenvalue weighted by atomic mass is 10.3. The third-order valence-electron chi connectivity index (χ3n) is 3.46. The van der Waals surface area contributed by atoms with Crippen molar-refractivity contribution in [3.05, 3.63) is 11.4 Å². The minimum absolute atomic E-state index is 0.178. The number of nitrogens with one attached hydrogen (secondary N) is 3. The fourth-order valence-corrected chi connectivity index (χ4v) is 2.07. The molecule has 0 bridgehead atoms. The van der Waals surface area contributed by atoms with E-state index in [1.165, 1.54) is 0 Å². The van der Waals surface area contributed by atoms with E-state index in [4.69, 9.17) is 0 Å². The highest BCUT2D eigenvalue weighted by Crippen LogP contribution is 2.28. The summed E-state index contributed by atoms with van der Waals surface area (Å²) in [5, 5.41) is 9.53. The van der Waals surface area contributed by atoms with Gasteiger partial charge in [0.1, 0.15) is 17.5 Å². The summed E-state index contributed by atoms with van der Waals surface area (Å²) in [4.78, 5) is 20.4. The van der Waals surface area contributed by atoms with Crippen molar-refractivity contribution in [3.63, 3.8) is 0 Å². The van der Waals surface area contributed by atoms with Crippen molar-refractivity contribution in [1.29, 1.82) is 0 Å². The first-order valence-electron chi connectivity index (χ1n) is 7.72. The molecule has 1 aromatic heterocycles. The number of aryl methyl sites for hydroxylation is 1. The Morgan fingerprint density at radius 1 is 1.10 bits per heavy atom. The molecule has 0 atom stereocenters. The van der Waals surface area contributed by atoms with Gasteiger partial charge in [-0.3, -0.25) is 4.79 Å². The van der Waals surface area contributed by atoms with E-state index < -0.39 is 0 Å². The van der Waals surface area contributed by atoms with Crippen LogP contribution in [0.4, 0.5) is 11.6 Å². The normalized spacial score (nSPS) is 13.9. The maximum atomic E-state index is 11.5. The largest absolute Gasteiger partial charge is 0.370 e. The summed E-state index contributed by atoms with van der Waals surface area (Å²) >= 11 is 0. The summed E-state index contributed by atoms with van der Waals surface area (Å²) in [7, 11) is 0. The summed E-state index contributed by atoms with van der Waals surface area (Å²) < 4.78 is 0. The average molecular weight is 291 g/mol. The fourth-order valence-electron chi connectivity index (χ4n) is 2.07. The van der Waals surface area contributed by atoms with E-state index >= 15 is 0 Å². The Kier molecular flexibility index (Phi) is 5.36. The van der Waals surface area contributed by atoms with Crippen molar-refractivity contribution in [1.82, 2.24) is 15.3 Å². The zero-order valence-corrected chi connectivity index (χ0v) is 13.1. The van der Waals surface area contributed by atoms with Gasteiger partial charge < -0.3 is 16.0 Å². The second-order valence-electron chi connectivity index (χ2n) is 5.51. The molecule has 0 spiro atoms. The molecule has 0 saturated heterocycles. The lowest BCUT2D eigenvalue weighted by Gasteiger charge is -2.14. The van der Waals surface area contributed by atoms with Gasteiger partial charge in [0.25, 0.3) is 0 Å². The first-order chi connectivity index (χ1) is 10.1. The molecule has 2 rings (SSSR count). The molecule has 1 aromatic rings. The van der Waals surface area contributed by atoms with Gasteiger partial charge in [0.05, 0.1) is 0 Å². The second kappa shape index (κ2) is 7.24. The summed E-state index contributed by atoms with van der Waals surface area (Å²) in [5.74, 6) is 2.90. The van der Waals surface area contributed by atoms with E-state index in [2.05, 4.69) is 32.8 Å². The summed E-state index contributed by atoms with van der Waals surface area (Å²) in [6.45, 7) is 8.20. The Bertz CT molecular complexity index is 499. The zero-order chi connectivity index (χ0) is 15.2. The molecule has 0 radical (unpaired) electrons. The highest BCUT2D eigenvalue weighted by atomic mass is 16.2. The third kappa shape index (κ3) is 4.58. The minimum Gasteiger partial charge on any atom is -0.370 e. The van der Waals surface area contributed by atoms with Gasteiger partial charge in [-0.1, -0.05) is 6.92 Å². The number of rotatable bonds is 8. The standard InChI is InChI=1S/C15H25N5O/c1-4-7-16-13-10(2)14(20-11(3)19-13)17-8-9-18-15(21)12-5-6-12/h12H,4-9H2,1-3H3,(H,18,21)(H2,16,17,19,20). The van der Waals surface area contributed by atoms with Crippen molar-refractivity contribution in [2.75, 3.05) is 30.3 Å². The van der Waals surface area contributed by atoms with Crippen LogP contribution in [-0.2, 0) is 4.79 Å². The summed E-state index contributed by atoms with van der Waals surface area (Å²) in [6.07, 6.45) is 3.13. The van der Waals surface area contributed by atoms with Crippen molar-refractivity contribution in [2.45, 2.75) is 40.0 Å². The number of hydrogen-bond donors (Lipinski definition) is 3. The summed E-state index contributed by atoms with van der Waals surface area (Å²) in [5.41, 5.74) is 1.02. The minimum atomic E-state index is 0.178. The Labute approximate surface area is 126 Å². The van der Waals surface area contributed by atoms with Crippen LogP contribution < -0.4 is 16.0 Å². The number of aromatic nitrogens is 2. The van der Waals surface area contributed by atoms with Gasteiger partial charge in [0.2, 0.25) is 5.91 Å². The molecule has 1 saturated carbocycles. The van der Waals surface area contributed by atoms with Crippen LogP contribution >= 0.6 is 0 Å². The van der Waals surface area contributed by atoms with Crippen LogP contribution in [0.1, 0.15) is 37.6 Å². The molecule has 21 heavy (non-hydrogen) atoms. The van der Waals surface area contributed by atoms with Gasteiger partial charge in [-0.2, -0.15) is 0 Å². The van der Waals surface area contributed by atoms with Crippen molar-refractivity contribution in [2.24, 2.45) is 5.92 Å². The van der Waals surface area contributed by atoms with E-state index in [0.717, 1.165) is 48.8 Å². The van der Waals surface area contributed by atoms with E-state index in [1.54, 1.807) is 0 Å². The monoisotopic (exact) mass is 291 g/mol. The molecule has 1 aliphatic carbocycles. The van der Waals surface area contributed by atoms with Gasteiger partial charge in [-0.15, -0.1) is 0 Å². The molecule has 0 aliphatic heterocycles.